The lowest BCUT2D eigenvalue weighted by Gasteiger charge is -2.44. The molecule has 0 bridgehead atoms. The standard InChI is InChI=1S/C48H57F3N4O4Si/c1-36-18-19-37(29-45(36)59-60(47(2,3)4,43-14-8-6-9-15-43)44-16-10-7-11-17-44)28-41-33-52(22-23-53-26-27-58-42(34-53)35-57-5)24-25-55(41)46(56)38-30-39(48(49,50)51)32-40(31-38)54-20-12-13-21-54/h6-21,29-32,41-42H,22-28,33-35H2,1-5H3. The Balaban J connectivity index is 1.22. The zero-order valence-corrected chi connectivity index (χ0v) is 36.3. The number of piperazine rings is 1. The third-order valence-corrected chi connectivity index (χ3v) is 16.9. The number of ether oxygens (including phenoxy) is 2. The number of carbonyl (C=O) groups is 1. The number of morpholine rings is 1. The van der Waals surface area contributed by atoms with Gasteiger partial charge in [0, 0.05) is 82.6 Å². The van der Waals surface area contributed by atoms with E-state index < -0.39 is 26.0 Å². The molecule has 3 heterocycles. The fraction of sp³-hybridized carbons (Fsp3) is 0.396. The number of hydrogen-bond acceptors (Lipinski definition) is 6. The van der Waals surface area contributed by atoms with Gasteiger partial charge in [0.15, 0.2) is 0 Å². The molecular formula is C48H57F3N4O4Si. The molecule has 2 fully saturated rings. The second-order valence-electron chi connectivity index (χ2n) is 17.1. The number of aryl methyl sites for hydroxylation is 1. The summed E-state index contributed by atoms with van der Waals surface area (Å²) in [6.45, 7) is 14.8. The Morgan fingerprint density at radius 2 is 1.45 bits per heavy atom. The van der Waals surface area contributed by atoms with E-state index in [-0.39, 0.29) is 28.4 Å². The minimum absolute atomic E-state index is 0.0177. The van der Waals surface area contributed by atoms with Crippen molar-refractivity contribution in [2.45, 2.75) is 57.5 Å². The first-order valence-corrected chi connectivity index (χ1v) is 22.8. The van der Waals surface area contributed by atoms with Gasteiger partial charge in [0.1, 0.15) is 5.75 Å². The Morgan fingerprint density at radius 1 is 0.800 bits per heavy atom. The lowest BCUT2D eigenvalue weighted by molar-refractivity contribution is -0.137. The smallest absolute Gasteiger partial charge is 0.416 e. The summed E-state index contributed by atoms with van der Waals surface area (Å²) < 4.78 is 63.3. The maximum atomic E-state index is 14.6. The molecule has 1 aromatic heterocycles. The summed E-state index contributed by atoms with van der Waals surface area (Å²) in [6, 6.07) is 34.2. The number of nitrogens with zero attached hydrogens (tertiary/aromatic N) is 4. The summed E-state index contributed by atoms with van der Waals surface area (Å²) >= 11 is 0. The predicted molar refractivity (Wildman–Crippen MR) is 233 cm³/mol. The van der Waals surface area contributed by atoms with E-state index in [1.54, 1.807) is 47.2 Å². The van der Waals surface area contributed by atoms with Crippen LogP contribution in [0.3, 0.4) is 0 Å². The van der Waals surface area contributed by atoms with Crippen molar-refractivity contribution in [2.24, 2.45) is 0 Å². The zero-order chi connectivity index (χ0) is 42.5. The second kappa shape index (κ2) is 18.5. The maximum absolute atomic E-state index is 14.6. The summed E-state index contributed by atoms with van der Waals surface area (Å²) in [5, 5.41) is 2.09. The fourth-order valence-corrected chi connectivity index (χ4v) is 13.3. The number of alkyl halides is 3. The fourth-order valence-electron chi connectivity index (χ4n) is 8.81. The first-order chi connectivity index (χ1) is 28.7. The van der Waals surface area contributed by atoms with Gasteiger partial charge in [0.25, 0.3) is 5.91 Å². The second-order valence-corrected chi connectivity index (χ2v) is 21.3. The highest BCUT2D eigenvalue weighted by Gasteiger charge is 2.52. The van der Waals surface area contributed by atoms with Crippen LogP contribution in [0.15, 0.2) is 122 Å². The molecule has 2 aliphatic heterocycles. The van der Waals surface area contributed by atoms with Crippen LogP contribution in [0.2, 0.25) is 5.04 Å². The van der Waals surface area contributed by atoms with Crippen LogP contribution in [-0.2, 0) is 22.1 Å². The van der Waals surface area contributed by atoms with Crippen LogP contribution in [-0.4, -0.2) is 112 Å². The van der Waals surface area contributed by atoms with E-state index in [1.807, 2.05) is 12.1 Å². The first-order valence-electron chi connectivity index (χ1n) is 20.9. The number of hydrogen-bond donors (Lipinski definition) is 0. The highest BCUT2D eigenvalue weighted by molar-refractivity contribution is 7.00. The topological polar surface area (TPSA) is 59.4 Å². The number of halogens is 3. The number of aromatic nitrogens is 1. The van der Waals surface area contributed by atoms with Crippen molar-refractivity contribution in [1.82, 2.24) is 19.3 Å². The van der Waals surface area contributed by atoms with Crippen LogP contribution in [0.5, 0.6) is 5.75 Å². The number of methoxy groups -OCH3 is 1. The third-order valence-electron chi connectivity index (χ3n) is 11.9. The lowest BCUT2D eigenvalue weighted by atomic mass is 9.99. The molecule has 4 aromatic carbocycles. The van der Waals surface area contributed by atoms with Gasteiger partial charge in [-0.1, -0.05) is 93.6 Å². The maximum Gasteiger partial charge on any atom is 0.416 e. The number of benzene rings is 4. The van der Waals surface area contributed by atoms with Gasteiger partial charge in [0.05, 0.1) is 24.9 Å². The lowest BCUT2D eigenvalue weighted by Crippen LogP contribution is -2.68. The summed E-state index contributed by atoms with van der Waals surface area (Å²) in [7, 11) is -1.28. The van der Waals surface area contributed by atoms with E-state index in [4.69, 9.17) is 13.9 Å². The first kappa shape index (κ1) is 43.4. The zero-order valence-electron chi connectivity index (χ0n) is 35.3. The molecule has 0 radical (unpaired) electrons. The van der Waals surface area contributed by atoms with Crippen molar-refractivity contribution in [2.75, 3.05) is 66.1 Å². The molecule has 2 unspecified atom stereocenters. The third kappa shape index (κ3) is 9.74. The van der Waals surface area contributed by atoms with Gasteiger partial charge in [-0.25, -0.2) is 0 Å². The summed E-state index contributed by atoms with van der Waals surface area (Å²) in [6.07, 6.45) is -0.739. The average molecular weight is 839 g/mol. The Bertz CT molecular complexity index is 2140. The molecule has 0 N–H and O–H groups in total. The summed E-state index contributed by atoms with van der Waals surface area (Å²) in [4.78, 5) is 21.2. The molecular weight excluding hydrogens is 782 g/mol. The van der Waals surface area contributed by atoms with Gasteiger partial charge in [-0.15, -0.1) is 0 Å². The molecule has 2 aliphatic rings. The van der Waals surface area contributed by atoms with Gasteiger partial charge in [-0.3, -0.25) is 14.6 Å². The molecule has 1 amide bonds. The SMILES string of the molecule is COCC1CN(CCN2CCN(C(=O)c3cc(-n4cccc4)cc(C(F)(F)F)c3)C(Cc3ccc(C)c(O[Si](c4ccccc4)(c4ccccc4)C(C)(C)C)c3)C2)CCO1. The Hall–Kier alpha value is -4.72. The Morgan fingerprint density at radius 3 is 2.07 bits per heavy atom. The van der Waals surface area contributed by atoms with Crippen molar-refractivity contribution < 1.29 is 31.9 Å². The quantitative estimate of drug-likeness (QED) is 0.115. The number of amides is 1. The number of carbonyl (C=O) groups excluding carboxylic acids is 1. The molecule has 7 rings (SSSR count). The van der Waals surface area contributed by atoms with Crippen LogP contribution in [0, 0.1) is 6.92 Å². The minimum atomic E-state index is -4.62. The molecule has 2 saturated heterocycles. The van der Waals surface area contributed by atoms with E-state index in [2.05, 4.69) is 104 Å². The monoisotopic (exact) mass is 838 g/mol. The van der Waals surface area contributed by atoms with Crippen molar-refractivity contribution in [3.8, 4) is 11.4 Å². The van der Waals surface area contributed by atoms with Crippen LogP contribution in [0.4, 0.5) is 13.2 Å². The van der Waals surface area contributed by atoms with Crippen molar-refractivity contribution in [3.63, 3.8) is 0 Å². The Labute approximate surface area is 353 Å². The van der Waals surface area contributed by atoms with Gasteiger partial charge < -0.3 is 23.4 Å². The van der Waals surface area contributed by atoms with E-state index in [0.29, 0.717) is 39.3 Å². The van der Waals surface area contributed by atoms with Crippen LogP contribution in [0.25, 0.3) is 5.69 Å². The van der Waals surface area contributed by atoms with Crippen molar-refractivity contribution >= 4 is 24.6 Å². The van der Waals surface area contributed by atoms with Gasteiger partial charge >= 0.3 is 14.5 Å². The highest BCUT2D eigenvalue weighted by atomic mass is 28.4. The van der Waals surface area contributed by atoms with Gasteiger partial charge in [0.2, 0.25) is 0 Å². The summed E-state index contributed by atoms with van der Waals surface area (Å²) in [5.41, 5.74) is 1.45. The van der Waals surface area contributed by atoms with E-state index in [9.17, 15) is 18.0 Å². The average Bonchev–Trinajstić information content (AvgIpc) is 3.79. The minimum Gasteiger partial charge on any atom is -0.534 e. The Kier molecular flexibility index (Phi) is 13.4. The summed E-state index contributed by atoms with van der Waals surface area (Å²) in [5.74, 6) is 0.380. The van der Waals surface area contributed by atoms with E-state index >= 15 is 0 Å². The molecule has 0 spiro atoms. The number of rotatable bonds is 13. The largest absolute Gasteiger partial charge is 0.534 e. The van der Waals surface area contributed by atoms with Gasteiger partial charge in [-0.05, 0) is 76.3 Å². The van der Waals surface area contributed by atoms with Crippen LogP contribution >= 0.6 is 0 Å². The molecule has 5 aromatic rings. The van der Waals surface area contributed by atoms with E-state index in [1.165, 1.54) is 10.4 Å². The van der Waals surface area contributed by atoms with Crippen molar-refractivity contribution in [1.29, 1.82) is 0 Å². The molecule has 0 aliphatic carbocycles. The molecule has 0 saturated carbocycles. The highest BCUT2D eigenvalue weighted by Crippen LogP contribution is 2.39. The van der Waals surface area contributed by atoms with Crippen molar-refractivity contribution in [3.05, 3.63) is 144 Å². The van der Waals surface area contributed by atoms with Gasteiger partial charge in [-0.2, -0.15) is 13.2 Å². The normalized spacial score (nSPS) is 18.4. The predicted octanol–water partition coefficient (Wildman–Crippen LogP) is 7.46. The van der Waals surface area contributed by atoms with E-state index in [0.717, 1.165) is 55.2 Å². The van der Waals surface area contributed by atoms with Crippen LogP contribution < -0.4 is 14.8 Å². The molecule has 12 heteroatoms. The molecule has 8 nitrogen and oxygen atoms in total. The molecule has 2 atom stereocenters. The van der Waals surface area contributed by atoms with Crippen LogP contribution in [0.1, 0.15) is 47.8 Å². The molecule has 318 valence electrons. The molecule has 60 heavy (non-hydrogen) atoms.